The largest absolute Gasteiger partial charge is 0.340 e. The van der Waals surface area contributed by atoms with E-state index < -0.39 is 0 Å². The van der Waals surface area contributed by atoms with E-state index in [0.29, 0.717) is 18.4 Å². The van der Waals surface area contributed by atoms with Gasteiger partial charge in [-0.25, -0.2) is 0 Å². The number of carbonyl (C=O) groups excluding carboxylic acids is 1. The number of nitrogens with zero attached hydrogens (tertiary/aromatic N) is 2. The summed E-state index contributed by atoms with van der Waals surface area (Å²) < 4.78 is 0. The second-order valence-corrected chi connectivity index (χ2v) is 6.76. The van der Waals surface area contributed by atoms with Gasteiger partial charge in [0.25, 0.3) is 0 Å². The highest BCUT2D eigenvalue weighted by atomic mass is 16.2. The number of hydrogen-bond donors (Lipinski definition) is 1. The van der Waals surface area contributed by atoms with Crippen LogP contribution < -0.4 is 5.32 Å². The highest BCUT2D eigenvalue weighted by Gasteiger charge is 2.24. The van der Waals surface area contributed by atoms with E-state index in [2.05, 4.69) is 40.5 Å². The van der Waals surface area contributed by atoms with Crippen LogP contribution >= 0.6 is 0 Å². The molecule has 4 nitrogen and oxygen atoms in total. The Balaban J connectivity index is 1.51. The number of hydrogen-bond acceptors (Lipinski definition) is 3. The van der Waals surface area contributed by atoms with Crippen LogP contribution in [0.25, 0.3) is 0 Å². The summed E-state index contributed by atoms with van der Waals surface area (Å²) in [7, 11) is 0. The first kappa shape index (κ1) is 16.5. The molecule has 23 heavy (non-hydrogen) atoms. The van der Waals surface area contributed by atoms with Crippen LogP contribution in [0.2, 0.25) is 0 Å². The molecule has 2 aliphatic heterocycles. The zero-order valence-electron chi connectivity index (χ0n) is 14.0. The van der Waals surface area contributed by atoms with Crippen molar-refractivity contribution in [3.05, 3.63) is 35.9 Å². The van der Waals surface area contributed by atoms with Gasteiger partial charge < -0.3 is 10.2 Å². The summed E-state index contributed by atoms with van der Waals surface area (Å²) in [5.41, 5.74) is 1.41. The normalized spacial score (nSPS) is 23.0. The maximum atomic E-state index is 12.4. The maximum absolute atomic E-state index is 12.4. The third-order valence-corrected chi connectivity index (χ3v) is 5.15. The summed E-state index contributed by atoms with van der Waals surface area (Å²) in [6, 6.07) is 11.4. The first-order valence-corrected chi connectivity index (χ1v) is 9.09. The van der Waals surface area contributed by atoms with Gasteiger partial charge in [0.05, 0.1) is 0 Å². The van der Waals surface area contributed by atoms with Gasteiger partial charge in [-0.3, -0.25) is 9.69 Å². The lowest BCUT2D eigenvalue weighted by Crippen LogP contribution is -2.48. The summed E-state index contributed by atoms with van der Waals surface area (Å²) in [5.74, 6) is 0.329. The highest BCUT2D eigenvalue weighted by Crippen LogP contribution is 2.21. The van der Waals surface area contributed by atoms with Crippen molar-refractivity contribution in [1.82, 2.24) is 15.1 Å². The fraction of sp³-hybridized carbons (Fsp3) is 0.632. The van der Waals surface area contributed by atoms with Gasteiger partial charge in [0.2, 0.25) is 5.91 Å². The quantitative estimate of drug-likeness (QED) is 0.901. The average Bonchev–Trinajstić information content (AvgIpc) is 2.62. The topological polar surface area (TPSA) is 35.6 Å². The molecular formula is C19H29N3O. The standard InChI is InChI=1S/C19H29N3O/c23-19(22-14-10-20-11-15-22)9-13-21-12-5-4-8-18(21)16-17-6-2-1-3-7-17/h1-3,6-7,18,20H,4-5,8-16H2. The van der Waals surface area contributed by atoms with Gasteiger partial charge in [0.15, 0.2) is 0 Å². The molecule has 1 unspecified atom stereocenters. The lowest BCUT2D eigenvalue weighted by Gasteiger charge is -2.36. The third-order valence-electron chi connectivity index (χ3n) is 5.15. The third kappa shape index (κ3) is 4.79. The number of amides is 1. The molecule has 2 saturated heterocycles. The van der Waals surface area contributed by atoms with Crippen molar-refractivity contribution >= 4 is 5.91 Å². The molecular weight excluding hydrogens is 286 g/mol. The highest BCUT2D eigenvalue weighted by molar-refractivity contribution is 5.76. The molecule has 4 heteroatoms. The molecule has 2 aliphatic rings. The number of piperazine rings is 1. The summed E-state index contributed by atoms with van der Waals surface area (Å²) in [4.78, 5) is 16.9. The molecule has 1 aromatic rings. The van der Waals surface area contributed by atoms with E-state index in [1.54, 1.807) is 0 Å². The number of likely N-dealkylation sites (tertiary alicyclic amines) is 1. The number of carbonyl (C=O) groups is 1. The van der Waals surface area contributed by atoms with Crippen LogP contribution in [0.1, 0.15) is 31.2 Å². The van der Waals surface area contributed by atoms with Crippen LogP contribution in [0.5, 0.6) is 0 Å². The minimum atomic E-state index is 0.329. The summed E-state index contributed by atoms with van der Waals surface area (Å²) in [5, 5.41) is 3.31. The predicted octanol–water partition coefficient (Wildman–Crippen LogP) is 1.91. The van der Waals surface area contributed by atoms with E-state index in [1.165, 1.54) is 24.8 Å². The van der Waals surface area contributed by atoms with Crippen LogP contribution in [0.15, 0.2) is 30.3 Å². The van der Waals surface area contributed by atoms with E-state index in [9.17, 15) is 4.79 Å². The van der Waals surface area contributed by atoms with E-state index in [0.717, 1.165) is 45.7 Å². The van der Waals surface area contributed by atoms with E-state index in [1.807, 2.05) is 4.90 Å². The van der Waals surface area contributed by atoms with Crippen molar-refractivity contribution in [2.45, 2.75) is 38.1 Å². The van der Waals surface area contributed by atoms with Crippen LogP contribution in [0, 0.1) is 0 Å². The maximum Gasteiger partial charge on any atom is 0.223 e. The molecule has 1 amide bonds. The van der Waals surface area contributed by atoms with Crippen molar-refractivity contribution < 1.29 is 4.79 Å². The fourth-order valence-electron chi connectivity index (χ4n) is 3.78. The number of rotatable bonds is 5. The van der Waals surface area contributed by atoms with E-state index >= 15 is 0 Å². The van der Waals surface area contributed by atoms with Crippen LogP contribution in [-0.4, -0.2) is 61.0 Å². The Hall–Kier alpha value is -1.39. The van der Waals surface area contributed by atoms with Gasteiger partial charge in [-0.2, -0.15) is 0 Å². The zero-order chi connectivity index (χ0) is 15.9. The monoisotopic (exact) mass is 315 g/mol. The molecule has 1 atom stereocenters. The van der Waals surface area contributed by atoms with E-state index in [-0.39, 0.29) is 0 Å². The number of benzene rings is 1. The van der Waals surface area contributed by atoms with Crippen molar-refractivity contribution in [3.63, 3.8) is 0 Å². The molecule has 0 saturated carbocycles. The molecule has 126 valence electrons. The van der Waals surface area contributed by atoms with Crippen molar-refractivity contribution in [1.29, 1.82) is 0 Å². The first-order chi connectivity index (χ1) is 11.3. The minimum absolute atomic E-state index is 0.329. The predicted molar refractivity (Wildman–Crippen MR) is 93.4 cm³/mol. The summed E-state index contributed by atoms with van der Waals surface area (Å²) in [6.45, 7) is 5.67. The zero-order valence-corrected chi connectivity index (χ0v) is 14.0. The van der Waals surface area contributed by atoms with Crippen molar-refractivity contribution in [2.24, 2.45) is 0 Å². The van der Waals surface area contributed by atoms with Crippen LogP contribution in [0.3, 0.4) is 0 Å². The first-order valence-electron chi connectivity index (χ1n) is 9.09. The number of nitrogens with one attached hydrogen (secondary N) is 1. The summed E-state index contributed by atoms with van der Waals surface area (Å²) >= 11 is 0. The Morgan fingerprint density at radius 2 is 1.87 bits per heavy atom. The average molecular weight is 315 g/mol. The van der Waals surface area contributed by atoms with Gasteiger partial charge in [-0.15, -0.1) is 0 Å². The molecule has 0 radical (unpaired) electrons. The minimum Gasteiger partial charge on any atom is -0.340 e. The van der Waals surface area contributed by atoms with Gasteiger partial charge in [-0.1, -0.05) is 36.8 Å². The van der Waals surface area contributed by atoms with Gasteiger partial charge in [-0.05, 0) is 31.4 Å². The Bertz CT molecular complexity index is 485. The van der Waals surface area contributed by atoms with E-state index in [4.69, 9.17) is 0 Å². The molecule has 0 spiro atoms. The Morgan fingerprint density at radius 1 is 1.09 bits per heavy atom. The molecule has 1 N–H and O–H groups in total. The van der Waals surface area contributed by atoms with Crippen molar-refractivity contribution in [3.8, 4) is 0 Å². The molecule has 2 fully saturated rings. The van der Waals surface area contributed by atoms with Gasteiger partial charge in [0.1, 0.15) is 0 Å². The Morgan fingerprint density at radius 3 is 2.65 bits per heavy atom. The molecule has 1 aromatic carbocycles. The van der Waals surface area contributed by atoms with Crippen molar-refractivity contribution in [2.75, 3.05) is 39.3 Å². The number of piperidine rings is 1. The second-order valence-electron chi connectivity index (χ2n) is 6.76. The summed E-state index contributed by atoms with van der Waals surface area (Å²) in [6.07, 6.45) is 5.64. The van der Waals surface area contributed by atoms with Gasteiger partial charge >= 0.3 is 0 Å². The second kappa shape index (κ2) is 8.46. The van der Waals surface area contributed by atoms with Crippen LogP contribution in [0.4, 0.5) is 0 Å². The fourth-order valence-corrected chi connectivity index (χ4v) is 3.78. The smallest absolute Gasteiger partial charge is 0.223 e. The molecule has 0 aromatic heterocycles. The molecule has 3 rings (SSSR count). The molecule has 0 aliphatic carbocycles. The lowest BCUT2D eigenvalue weighted by molar-refractivity contribution is -0.132. The SMILES string of the molecule is O=C(CCN1CCCCC1Cc1ccccc1)N1CCNCC1. The lowest BCUT2D eigenvalue weighted by atomic mass is 9.95. The molecule has 2 heterocycles. The Kier molecular flexibility index (Phi) is 6.06. The molecule has 0 bridgehead atoms. The Labute approximate surface area is 139 Å². The van der Waals surface area contributed by atoms with Crippen LogP contribution in [-0.2, 0) is 11.2 Å². The van der Waals surface area contributed by atoms with Gasteiger partial charge in [0, 0.05) is 45.2 Å².